The van der Waals surface area contributed by atoms with Gasteiger partial charge in [-0.25, -0.2) is 9.13 Å². The Morgan fingerprint density at radius 3 is 0.763 bits per heavy atom. The van der Waals surface area contributed by atoms with E-state index < -0.39 is 97.5 Å². The molecule has 3 unspecified atom stereocenters. The Morgan fingerprint density at radius 2 is 0.516 bits per heavy atom. The van der Waals surface area contributed by atoms with Gasteiger partial charge < -0.3 is 33.8 Å². The zero-order chi connectivity index (χ0) is 68.9. The van der Waals surface area contributed by atoms with Crippen LogP contribution in [0, 0.1) is 23.7 Å². The van der Waals surface area contributed by atoms with Crippen LogP contribution >= 0.6 is 15.6 Å². The van der Waals surface area contributed by atoms with Gasteiger partial charge >= 0.3 is 39.5 Å². The molecule has 0 saturated carbocycles. The summed E-state index contributed by atoms with van der Waals surface area (Å²) in [5.74, 6) is 0.860. The fourth-order valence-electron chi connectivity index (χ4n) is 11.2. The molecule has 0 aromatic carbocycles. The first-order valence-electron chi connectivity index (χ1n) is 38.2. The van der Waals surface area contributed by atoms with E-state index in [1.165, 1.54) is 167 Å². The number of phosphoric ester groups is 2. The van der Waals surface area contributed by atoms with Crippen molar-refractivity contribution in [1.29, 1.82) is 0 Å². The summed E-state index contributed by atoms with van der Waals surface area (Å²) in [6, 6.07) is 0. The maximum atomic E-state index is 13.1. The third-order valence-electron chi connectivity index (χ3n) is 17.4. The number of carbonyl (C=O) groups is 4. The van der Waals surface area contributed by atoms with Crippen molar-refractivity contribution in [3.63, 3.8) is 0 Å². The van der Waals surface area contributed by atoms with Gasteiger partial charge in [0.15, 0.2) is 12.2 Å². The molecule has 19 heteroatoms. The fraction of sp³-hybridized carbons (Fsp3) is 0.946. The van der Waals surface area contributed by atoms with E-state index in [9.17, 15) is 43.2 Å². The highest BCUT2D eigenvalue weighted by Gasteiger charge is 2.30. The highest BCUT2D eigenvalue weighted by atomic mass is 31.2. The lowest BCUT2D eigenvalue weighted by atomic mass is 9.99. The average Bonchev–Trinajstić information content (AvgIpc) is 2.13. The number of hydrogen-bond acceptors (Lipinski definition) is 15. The minimum absolute atomic E-state index is 0.102. The summed E-state index contributed by atoms with van der Waals surface area (Å²) in [4.78, 5) is 72.6. The SMILES string of the molecule is CCC(C)CCCCCCCCCCCCCCCCCCCCC(=O)O[C@H](COC(=O)CCCCCCCCCCCC(C)C)COP(=O)(O)OC[C@@H](O)COP(=O)(O)OC[C@@H](COC(=O)CCCCCCCCC(C)C)OC(=O)CCCCCCCCCC(C)C. The first-order chi connectivity index (χ1) is 44.6. The molecular weight excluding hydrogens is 1220 g/mol. The maximum Gasteiger partial charge on any atom is 0.472 e. The molecule has 0 bridgehead atoms. The Bertz CT molecular complexity index is 1840. The number of carbonyl (C=O) groups excluding carboxylic acids is 4. The van der Waals surface area contributed by atoms with E-state index in [-0.39, 0.29) is 25.7 Å². The number of rotatable bonds is 71. The molecule has 552 valence electrons. The quantitative estimate of drug-likeness (QED) is 0.0222. The third kappa shape index (κ3) is 67.0. The normalized spacial score (nSPS) is 14.5. The van der Waals surface area contributed by atoms with Gasteiger partial charge in [-0.15, -0.1) is 0 Å². The zero-order valence-corrected chi connectivity index (χ0v) is 62.7. The van der Waals surface area contributed by atoms with Crippen molar-refractivity contribution in [2.75, 3.05) is 39.6 Å². The number of ether oxygens (including phenoxy) is 4. The number of aliphatic hydroxyl groups excluding tert-OH is 1. The molecule has 0 fully saturated rings. The average molecular weight is 1370 g/mol. The standard InChI is InChI=1S/C74H144O17P2/c1-9-67(8)53-45-37-28-22-18-16-14-12-10-11-13-15-17-19-23-30-40-48-56-73(78)90-69(60-84-71(76)54-46-38-29-24-20-21-26-34-42-50-64(2)3)62-88-92(80,81)86-58-68(75)59-87-93(82,83)89-63-70(61-85-72(77)55-47-39-33-32-36-44-52-66(6)7)91-74(79)57-49-41-31-25-27-35-43-51-65(4)5/h64-70,75H,9-63H2,1-8H3,(H,80,81)(H,82,83)/t67?,68-,69-,70-/m1/s1. The summed E-state index contributed by atoms with van der Waals surface area (Å²) in [5, 5.41) is 10.6. The second-order valence-electron chi connectivity index (χ2n) is 28.4. The first-order valence-corrected chi connectivity index (χ1v) is 41.2. The van der Waals surface area contributed by atoms with Gasteiger partial charge in [0.1, 0.15) is 19.3 Å². The van der Waals surface area contributed by atoms with Gasteiger partial charge in [-0.2, -0.15) is 0 Å². The summed E-state index contributed by atoms with van der Waals surface area (Å²) in [6.45, 7) is 14.1. The lowest BCUT2D eigenvalue weighted by Gasteiger charge is -2.21. The van der Waals surface area contributed by atoms with E-state index in [2.05, 4.69) is 55.4 Å². The van der Waals surface area contributed by atoms with Crippen LogP contribution in [0.25, 0.3) is 0 Å². The molecule has 0 aliphatic heterocycles. The molecule has 0 rings (SSSR count). The molecule has 0 aliphatic carbocycles. The van der Waals surface area contributed by atoms with Crippen molar-refractivity contribution in [3.8, 4) is 0 Å². The van der Waals surface area contributed by atoms with Crippen LogP contribution in [0.4, 0.5) is 0 Å². The molecule has 93 heavy (non-hydrogen) atoms. The Kier molecular flexibility index (Phi) is 62.2. The minimum atomic E-state index is -4.96. The van der Waals surface area contributed by atoms with Gasteiger partial charge in [-0.05, 0) is 49.4 Å². The Balaban J connectivity index is 5.16. The second kappa shape index (κ2) is 63.5. The molecule has 0 aliphatic rings. The lowest BCUT2D eigenvalue weighted by Crippen LogP contribution is -2.30. The predicted molar refractivity (Wildman–Crippen MR) is 377 cm³/mol. The molecule has 0 spiro atoms. The number of aliphatic hydroxyl groups is 1. The molecule has 0 radical (unpaired) electrons. The summed E-state index contributed by atoms with van der Waals surface area (Å²) in [5.41, 5.74) is 0. The fourth-order valence-corrected chi connectivity index (χ4v) is 12.7. The van der Waals surface area contributed by atoms with Crippen LogP contribution in [-0.2, 0) is 65.4 Å². The topological polar surface area (TPSA) is 237 Å². The van der Waals surface area contributed by atoms with Crippen molar-refractivity contribution < 1.29 is 80.2 Å². The van der Waals surface area contributed by atoms with E-state index in [1.807, 2.05) is 0 Å². The van der Waals surface area contributed by atoms with Crippen molar-refractivity contribution in [3.05, 3.63) is 0 Å². The van der Waals surface area contributed by atoms with Crippen molar-refractivity contribution in [2.45, 2.75) is 388 Å². The molecule has 3 N–H and O–H groups in total. The second-order valence-corrected chi connectivity index (χ2v) is 31.3. The Labute approximate surface area is 568 Å². The highest BCUT2D eigenvalue weighted by molar-refractivity contribution is 7.47. The highest BCUT2D eigenvalue weighted by Crippen LogP contribution is 2.45. The molecular formula is C74H144O17P2. The van der Waals surface area contributed by atoms with Gasteiger partial charge in [0.05, 0.1) is 26.4 Å². The van der Waals surface area contributed by atoms with Crippen molar-refractivity contribution in [2.24, 2.45) is 23.7 Å². The molecule has 6 atom stereocenters. The summed E-state index contributed by atoms with van der Waals surface area (Å²) in [6.07, 6.45) is 47.6. The predicted octanol–water partition coefficient (Wildman–Crippen LogP) is 21.3. The van der Waals surface area contributed by atoms with Crippen LogP contribution in [0.2, 0.25) is 0 Å². The van der Waals surface area contributed by atoms with Crippen LogP contribution in [0.15, 0.2) is 0 Å². The molecule has 0 saturated heterocycles. The molecule has 17 nitrogen and oxygen atoms in total. The molecule has 0 aromatic heterocycles. The van der Waals surface area contributed by atoms with Crippen molar-refractivity contribution in [1.82, 2.24) is 0 Å². The lowest BCUT2D eigenvalue weighted by molar-refractivity contribution is -0.161. The number of phosphoric acid groups is 2. The van der Waals surface area contributed by atoms with Gasteiger partial charge in [0.2, 0.25) is 0 Å². The Hall–Kier alpha value is -1.94. The molecule has 0 aromatic rings. The van der Waals surface area contributed by atoms with E-state index in [1.54, 1.807) is 0 Å². The van der Waals surface area contributed by atoms with Crippen LogP contribution in [-0.4, -0.2) is 96.7 Å². The van der Waals surface area contributed by atoms with Crippen LogP contribution in [0.5, 0.6) is 0 Å². The molecule has 0 amide bonds. The van der Waals surface area contributed by atoms with Gasteiger partial charge in [-0.3, -0.25) is 37.3 Å². The van der Waals surface area contributed by atoms with Gasteiger partial charge in [0.25, 0.3) is 0 Å². The smallest absolute Gasteiger partial charge is 0.462 e. The minimum Gasteiger partial charge on any atom is -0.462 e. The van der Waals surface area contributed by atoms with Crippen molar-refractivity contribution >= 4 is 39.5 Å². The van der Waals surface area contributed by atoms with E-state index >= 15 is 0 Å². The van der Waals surface area contributed by atoms with Crippen LogP contribution < -0.4 is 0 Å². The monoisotopic (exact) mass is 1370 g/mol. The van der Waals surface area contributed by atoms with Gasteiger partial charge in [0, 0.05) is 25.7 Å². The van der Waals surface area contributed by atoms with Gasteiger partial charge in [-0.1, -0.05) is 319 Å². The largest absolute Gasteiger partial charge is 0.472 e. The summed E-state index contributed by atoms with van der Waals surface area (Å²) < 4.78 is 68.3. The van der Waals surface area contributed by atoms with Crippen LogP contribution in [0.1, 0.15) is 370 Å². The summed E-state index contributed by atoms with van der Waals surface area (Å²) >= 11 is 0. The number of hydrogen-bond donors (Lipinski definition) is 3. The first kappa shape index (κ1) is 91.1. The van der Waals surface area contributed by atoms with Crippen LogP contribution in [0.3, 0.4) is 0 Å². The van der Waals surface area contributed by atoms with E-state index in [4.69, 9.17) is 37.0 Å². The third-order valence-corrected chi connectivity index (χ3v) is 19.3. The number of esters is 4. The Morgan fingerprint density at radius 1 is 0.301 bits per heavy atom. The number of unbranched alkanes of at least 4 members (excludes halogenated alkanes) is 36. The maximum absolute atomic E-state index is 13.1. The molecule has 0 heterocycles. The zero-order valence-electron chi connectivity index (χ0n) is 60.9. The summed E-state index contributed by atoms with van der Waals surface area (Å²) in [7, 11) is -9.91. The van der Waals surface area contributed by atoms with E-state index in [0.29, 0.717) is 37.5 Å². The van der Waals surface area contributed by atoms with E-state index in [0.717, 1.165) is 108 Å².